The van der Waals surface area contributed by atoms with Gasteiger partial charge in [-0.1, -0.05) is 0 Å². The number of hydrogen-bond donors (Lipinski definition) is 0. The minimum absolute atomic E-state index is 0.320. The zero-order valence-electron chi connectivity index (χ0n) is 9.30. The molecular weight excluding hydrogens is 304 g/mol. The van der Waals surface area contributed by atoms with Crippen LogP contribution in [0.15, 0.2) is 12.3 Å². The van der Waals surface area contributed by atoms with Crippen molar-refractivity contribution in [3.8, 4) is 0 Å². The first-order valence-corrected chi connectivity index (χ1v) is 14.6. The van der Waals surface area contributed by atoms with E-state index in [4.69, 9.17) is 0 Å². The molecule has 0 radical (unpaired) electrons. The van der Waals surface area contributed by atoms with E-state index in [-0.39, 0.29) is 0 Å². The molecule has 0 N–H and O–H groups in total. The second kappa shape index (κ2) is 4.47. The Morgan fingerprint density at radius 3 is 2.53 bits per heavy atom. The minimum atomic E-state index is -2.54. The summed E-state index contributed by atoms with van der Waals surface area (Å²) in [5.74, 6) is -0.926. The van der Waals surface area contributed by atoms with Crippen LogP contribution >= 0.6 is 0 Å². The number of methoxy groups -OCH3 is 1. The van der Waals surface area contributed by atoms with E-state index in [0.717, 1.165) is 0 Å². The van der Waals surface area contributed by atoms with Gasteiger partial charge in [-0.05, 0) is 0 Å². The molecule has 0 fully saturated rings. The van der Waals surface area contributed by atoms with Crippen molar-refractivity contribution < 1.29 is 13.9 Å². The molecule has 1 aromatic rings. The van der Waals surface area contributed by atoms with Crippen molar-refractivity contribution in [3.05, 3.63) is 23.8 Å². The summed E-state index contributed by atoms with van der Waals surface area (Å²) in [5, 5.41) is 0. The topological polar surface area (TPSA) is 39.2 Å². The van der Waals surface area contributed by atoms with Gasteiger partial charge < -0.3 is 0 Å². The molecule has 0 bridgehead atoms. The van der Waals surface area contributed by atoms with Crippen molar-refractivity contribution in [1.82, 2.24) is 4.98 Å². The van der Waals surface area contributed by atoms with Crippen LogP contribution in [0.4, 0.5) is 4.39 Å². The van der Waals surface area contributed by atoms with Crippen LogP contribution in [0, 0.1) is 5.95 Å². The SMILES string of the molecule is COC(=O)c1cnc(F)[c]([Sn]([CH3])([CH3])[CH3])c1. The van der Waals surface area contributed by atoms with Crippen molar-refractivity contribution in [2.45, 2.75) is 14.8 Å². The normalized spacial score (nSPS) is 11.3. The van der Waals surface area contributed by atoms with E-state index < -0.39 is 30.3 Å². The van der Waals surface area contributed by atoms with Crippen LogP contribution < -0.4 is 3.58 Å². The number of carbonyl (C=O) groups excluding carboxylic acids is 1. The molecule has 0 spiro atoms. The Kier molecular flexibility index (Phi) is 3.70. The summed E-state index contributed by atoms with van der Waals surface area (Å²) >= 11 is -2.54. The molecule has 82 valence electrons. The molecule has 0 aliphatic heterocycles. The monoisotopic (exact) mass is 319 g/mol. The fourth-order valence-corrected chi connectivity index (χ4v) is 4.83. The van der Waals surface area contributed by atoms with E-state index in [1.54, 1.807) is 6.07 Å². The molecule has 0 aliphatic carbocycles. The third-order valence-electron chi connectivity index (χ3n) is 2.07. The van der Waals surface area contributed by atoms with E-state index in [1.807, 2.05) is 0 Å². The fraction of sp³-hybridized carbons (Fsp3) is 0.400. The molecule has 3 nitrogen and oxygen atoms in total. The number of carbonyl (C=O) groups is 1. The molecule has 0 saturated carbocycles. The Hall–Kier alpha value is -0.651. The van der Waals surface area contributed by atoms with Crippen LogP contribution in [0.1, 0.15) is 10.4 Å². The molecule has 15 heavy (non-hydrogen) atoms. The van der Waals surface area contributed by atoms with E-state index in [0.29, 0.717) is 9.14 Å². The van der Waals surface area contributed by atoms with E-state index in [2.05, 4.69) is 24.5 Å². The Bertz CT molecular complexity index is 387. The van der Waals surface area contributed by atoms with Crippen LogP contribution in [-0.4, -0.2) is 36.4 Å². The summed E-state index contributed by atoms with van der Waals surface area (Å²) in [7, 11) is 1.30. The molecule has 1 rings (SSSR count). The summed E-state index contributed by atoms with van der Waals surface area (Å²) in [6.07, 6.45) is 1.21. The van der Waals surface area contributed by atoms with Crippen molar-refractivity contribution in [1.29, 1.82) is 0 Å². The zero-order valence-corrected chi connectivity index (χ0v) is 12.2. The van der Waals surface area contributed by atoms with Gasteiger partial charge in [-0.2, -0.15) is 0 Å². The van der Waals surface area contributed by atoms with Gasteiger partial charge in [-0.25, -0.2) is 0 Å². The van der Waals surface area contributed by atoms with Gasteiger partial charge in [-0.3, -0.25) is 0 Å². The molecule has 0 amide bonds. The van der Waals surface area contributed by atoms with Crippen LogP contribution in [0.2, 0.25) is 14.8 Å². The van der Waals surface area contributed by atoms with Gasteiger partial charge >= 0.3 is 92.5 Å². The fourth-order valence-electron chi connectivity index (χ4n) is 1.20. The maximum atomic E-state index is 13.4. The maximum absolute atomic E-state index is 13.4. The Balaban J connectivity index is 3.23. The van der Waals surface area contributed by atoms with Crippen molar-refractivity contribution in [2.24, 2.45) is 0 Å². The van der Waals surface area contributed by atoms with Gasteiger partial charge in [0.25, 0.3) is 0 Å². The Morgan fingerprint density at radius 1 is 1.47 bits per heavy atom. The average molecular weight is 318 g/mol. The van der Waals surface area contributed by atoms with Crippen LogP contribution in [-0.2, 0) is 4.74 Å². The zero-order chi connectivity index (χ0) is 11.6. The number of ether oxygens (including phenoxy) is 1. The van der Waals surface area contributed by atoms with Gasteiger partial charge in [0.15, 0.2) is 0 Å². The summed E-state index contributed by atoms with van der Waals surface area (Å²) in [6, 6.07) is 1.57. The van der Waals surface area contributed by atoms with Gasteiger partial charge in [0.2, 0.25) is 0 Å². The third-order valence-corrected chi connectivity index (χ3v) is 7.68. The van der Waals surface area contributed by atoms with Crippen molar-refractivity contribution in [3.63, 3.8) is 0 Å². The van der Waals surface area contributed by atoms with Gasteiger partial charge in [0.1, 0.15) is 0 Å². The molecular formula is C10H14FNO2Sn. The third kappa shape index (κ3) is 2.90. The summed E-state index contributed by atoms with van der Waals surface area (Å²) in [5.41, 5.74) is 0.320. The molecule has 1 heterocycles. The quantitative estimate of drug-likeness (QED) is 0.472. The first kappa shape index (κ1) is 12.4. The molecule has 0 saturated heterocycles. The van der Waals surface area contributed by atoms with E-state index in [9.17, 15) is 9.18 Å². The molecule has 5 heteroatoms. The number of pyridine rings is 1. The van der Waals surface area contributed by atoms with Gasteiger partial charge in [-0.15, -0.1) is 0 Å². The number of aromatic nitrogens is 1. The Morgan fingerprint density at radius 2 is 2.07 bits per heavy atom. The second-order valence-corrected chi connectivity index (χ2v) is 18.7. The van der Waals surface area contributed by atoms with E-state index >= 15 is 0 Å². The Labute approximate surface area is 92.5 Å². The summed E-state index contributed by atoms with van der Waals surface area (Å²) in [6.45, 7) is 0. The molecule has 0 aliphatic rings. The molecule has 0 atom stereocenters. The number of rotatable bonds is 2. The van der Waals surface area contributed by atoms with Gasteiger partial charge in [0.05, 0.1) is 0 Å². The predicted octanol–water partition coefficient (Wildman–Crippen LogP) is 1.55. The van der Waals surface area contributed by atoms with Crippen LogP contribution in [0.3, 0.4) is 0 Å². The van der Waals surface area contributed by atoms with E-state index in [1.165, 1.54) is 13.3 Å². The number of halogens is 1. The van der Waals surface area contributed by atoms with Gasteiger partial charge in [0, 0.05) is 0 Å². The van der Waals surface area contributed by atoms with Crippen molar-refractivity contribution in [2.75, 3.05) is 7.11 Å². The molecule has 0 aromatic carbocycles. The summed E-state index contributed by atoms with van der Waals surface area (Å²) in [4.78, 5) is 21.0. The standard InChI is InChI=1S/C7H5FNO2.3CH3.Sn/c1-11-7(10)5-2-3-6(8)9-4-5;;;;/h2,4H,1H3;3*1H3;. The number of hydrogen-bond acceptors (Lipinski definition) is 3. The van der Waals surface area contributed by atoms with Crippen LogP contribution in [0.25, 0.3) is 0 Å². The first-order chi connectivity index (χ1) is 6.86. The predicted molar refractivity (Wildman–Crippen MR) is 58.5 cm³/mol. The summed E-state index contributed by atoms with van der Waals surface area (Å²) < 4.78 is 18.6. The number of esters is 1. The molecule has 0 unspecified atom stereocenters. The first-order valence-electron chi connectivity index (χ1n) is 4.60. The average Bonchev–Trinajstić information content (AvgIpc) is 2.15. The second-order valence-electron chi connectivity index (χ2n) is 4.30. The number of nitrogens with zero attached hydrogens (tertiary/aromatic N) is 1. The molecule has 1 aromatic heterocycles. The van der Waals surface area contributed by atoms with Crippen LogP contribution in [0.5, 0.6) is 0 Å². The van der Waals surface area contributed by atoms with Crippen molar-refractivity contribution >= 4 is 27.9 Å².